The van der Waals surface area contributed by atoms with Gasteiger partial charge in [-0.1, -0.05) is 30.0 Å². The molecule has 21 heavy (non-hydrogen) atoms. The molecule has 1 aliphatic rings. The summed E-state index contributed by atoms with van der Waals surface area (Å²) in [7, 11) is 0. The lowest BCUT2D eigenvalue weighted by molar-refractivity contribution is -0.143. The van der Waals surface area contributed by atoms with Gasteiger partial charge in [-0.3, -0.25) is 4.79 Å². The second-order valence-electron chi connectivity index (χ2n) is 5.15. The number of aliphatic carboxylic acids is 1. The molecule has 3 N–H and O–H groups in total. The number of rotatable bonds is 4. The maximum absolute atomic E-state index is 11.2. The molecule has 1 saturated carbocycles. The third-order valence-corrected chi connectivity index (χ3v) is 4.85. The van der Waals surface area contributed by atoms with Crippen LogP contribution in [-0.4, -0.2) is 42.1 Å². The molecule has 0 saturated heterocycles. The molecular weight excluding hydrogens is 290 g/mol. The summed E-state index contributed by atoms with van der Waals surface area (Å²) in [5, 5.41) is 21.7. The average molecular weight is 305 g/mol. The Balaban J connectivity index is 1.76. The molecule has 8 heteroatoms. The Kier molecular flexibility index (Phi) is 3.64. The SMILES string of the molecule is NC1(C(=O)O)CCC(Sc2nnnn2-c2ccccc2)C1. The van der Waals surface area contributed by atoms with Gasteiger partial charge in [0.2, 0.25) is 5.16 Å². The van der Waals surface area contributed by atoms with Gasteiger partial charge in [0, 0.05) is 5.25 Å². The molecule has 2 atom stereocenters. The molecule has 0 bridgehead atoms. The van der Waals surface area contributed by atoms with Crippen molar-refractivity contribution in [3.8, 4) is 5.69 Å². The number of para-hydroxylation sites is 1. The van der Waals surface area contributed by atoms with Crippen molar-refractivity contribution in [2.45, 2.75) is 35.2 Å². The molecule has 2 aromatic rings. The van der Waals surface area contributed by atoms with Crippen LogP contribution in [-0.2, 0) is 4.79 Å². The van der Waals surface area contributed by atoms with Gasteiger partial charge in [-0.15, -0.1) is 5.10 Å². The Morgan fingerprint density at radius 3 is 2.86 bits per heavy atom. The van der Waals surface area contributed by atoms with Crippen LogP contribution in [0.1, 0.15) is 19.3 Å². The molecular formula is C13H15N5O2S. The van der Waals surface area contributed by atoms with Gasteiger partial charge < -0.3 is 10.8 Å². The maximum atomic E-state index is 11.2. The normalized spacial score (nSPS) is 25.1. The fourth-order valence-electron chi connectivity index (χ4n) is 2.46. The third kappa shape index (κ3) is 2.77. The zero-order valence-electron chi connectivity index (χ0n) is 11.2. The highest BCUT2D eigenvalue weighted by Crippen LogP contribution is 2.38. The summed E-state index contributed by atoms with van der Waals surface area (Å²) in [5.74, 6) is -0.937. The highest BCUT2D eigenvalue weighted by atomic mass is 32.2. The molecule has 0 radical (unpaired) electrons. The third-order valence-electron chi connectivity index (χ3n) is 3.64. The Morgan fingerprint density at radius 1 is 1.43 bits per heavy atom. The van der Waals surface area contributed by atoms with E-state index in [1.165, 1.54) is 11.8 Å². The molecule has 1 fully saturated rings. The van der Waals surface area contributed by atoms with Crippen molar-refractivity contribution in [2.24, 2.45) is 5.73 Å². The summed E-state index contributed by atoms with van der Waals surface area (Å²) in [6, 6.07) is 9.58. The van der Waals surface area contributed by atoms with E-state index in [-0.39, 0.29) is 5.25 Å². The lowest BCUT2D eigenvalue weighted by Crippen LogP contribution is -2.45. The van der Waals surface area contributed by atoms with E-state index < -0.39 is 11.5 Å². The monoisotopic (exact) mass is 305 g/mol. The average Bonchev–Trinajstić information content (AvgIpc) is 3.08. The van der Waals surface area contributed by atoms with Gasteiger partial charge in [-0.25, -0.2) is 0 Å². The fourth-order valence-corrected chi connectivity index (χ4v) is 3.70. The molecule has 1 aliphatic carbocycles. The summed E-state index contributed by atoms with van der Waals surface area (Å²) in [6.45, 7) is 0. The fraction of sp³-hybridized carbons (Fsp3) is 0.385. The van der Waals surface area contributed by atoms with Crippen LogP contribution < -0.4 is 5.73 Å². The van der Waals surface area contributed by atoms with Gasteiger partial charge >= 0.3 is 5.97 Å². The predicted molar refractivity (Wildman–Crippen MR) is 77.2 cm³/mol. The summed E-state index contributed by atoms with van der Waals surface area (Å²) in [4.78, 5) is 11.2. The Bertz CT molecular complexity index is 647. The van der Waals surface area contributed by atoms with Crippen molar-refractivity contribution in [1.29, 1.82) is 0 Å². The molecule has 1 heterocycles. The predicted octanol–water partition coefficient (Wildman–Crippen LogP) is 1.09. The number of aromatic nitrogens is 4. The molecule has 110 valence electrons. The smallest absolute Gasteiger partial charge is 0.323 e. The van der Waals surface area contributed by atoms with Crippen LogP contribution in [0.3, 0.4) is 0 Å². The van der Waals surface area contributed by atoms with Gasteiger partial charge in [0.05, 0.1) is 5.69 Å². The van der Waals surface area contributed by atoms with Crippen molar-refractivity contribution in [3.63, 3.8) is 0 Å². The Morgan fingerprint density at radius 2 is 2.19 bits per heavy atom. The topological polar surface area (TPSA) is 107 Å². The number of benzene rings is 1. The molecule has 3 rings (SSSR count). The number of hydrogen-bond acceptors (Lipinski definition) is 6. The standard InChI is InChI=1S/C13H15N5O2S/c14-13(11(19)20)7-6-10(8-13)21-12-15-16-17-18(12)9-4-2-1-3-5-9/h1-5,10H,6-8,14H2,(H,19,20). The second kappa shape index (κ2) is 5.45. The number of carboxylic acid groups (broad SMARTS) is 1. The number of hydrogen-bond donors (Lipinski definition) is 2. The Labute approximate surface area is 125 Å². The van der Waals surface area contributed by atoms with Crippen molar-refractivity contribution in [2.75, 3.05) is 0 Å². The second-order valence-corrected chi connectivity index (χ2v) is 6.42. The highest BCUT2D eigenvalue weighted by molar-refractivity contribution is 7.99. The van der Waals surface area contributed by atoms with Crippen LogP contribution in [0.4, 0.5) is 0 Å². The molecule has 0 aliphatic heterocycles. The van der Waals surface area contributed by atoms with E-state index in [2.05, 4.69) is 15.5 Å². The first-order valence-corrected chi connectivity index (χ1v) is 7.49. The van der Waals surface area contributed by atoms with Crippen LogP contribution in [0.15, 0.2) is 35.5 Å². The first-order chi connectivity index (χ1) is 10.1. The van der Waals surface area contributed by atoms with Crippen LogP contribution in [0.5, 0.6) is 0 Å². The lowest BCUT2D eigenvalue weighted by Gasteiger charge is -2.17. The molecule has 1 aromatic heterocycles. The Hall–Kier alpha value is -1.93. The minimum atomic E-state index is -1.12. The van der Waals surface area contributed by atoms with Crippen molar-refractivity contribution in [3.05, 3.63) is 30.3 Å². The van der Waals surface area contributed by atoms with Crippen LogP contribution in [0.25, 0.3) is 5.69 Å². The molecule has 7 nitrogen and oxygen atoms in total. The van der Waals surface area contributed by atoms with E-state index in [1.807, 2.05) is 30.3 Å². The summed E-state index contributed by atoms with van der Waals surface area (Å²) in [6.07, 6.45) is 1.65. The number of nitrogens with zero attached hydrogens (tertiary/aromatic N) is 4. The van der Waals surface area contributed by atoms with E-state index >= 15 is 0 Å². The van der Waals surface area contributed by atoms with Crippen molar-refractivity contribution in [1.82, 2.24) is 20.2 Å². The number of nitrogens with two attached hydrogens (primary N) is 1. The van der Waals surface area contributed by atoms with Crippen LogP contribution in [0.2, 0.25) is 0 Å². The molecule has 0 amide bonds. The number of carbonyl (C=O) groups is 1. The number of carboxylic acids is 1. The zero-order chi connectivity index (χ0) is 14.9. The molecule has 1 aromatic carbocycles. The molecule has 0 spiro atoms. The number of tetrazole rings is 1. The molecule has 2 unspecified atom stereocenters. The summed E-state index contributed by atoms with van der Waals surface area (Å²) in [5.41, 5.74) is 5.65. The van der Waals surface area contributed by atoms with Crippen molar-refractivity contribution < 1.29 is 9.90 Å². The maximum Gasteiger partial charge on any atom is 0.323 e. The van der Waals surface area contributed by atoms with E-state index in [1.54, 1.807) is 4.68 Å². The first-order valence-electron chi connectivity index (χ1n) is 6.61. The summed E-state index contributed by atoms with van der Waals surface area (Å²) >= 11 is 1.48. The largest absolute Gasteiger partial charge is 0.480 e. The number of thioether (sulfide) groups is 1. The lowest BCUT2D eigenvalue weighted by atomic mass is 10.0. The van der Waals surface area contributed by atoms with Crippen LogP contribution in [0, 0.1) is 0 Å². The van der Waals surface area contributed by atoms with Crippen LogP contribution >= 0.6 is 11.8 Å². The zero-order valence-corrected chi connectivity index (χ0v) is 12.0. The minimum Gasteiger partial charge on any atom is -0.480 e. The van der Waals surface area contributed by atoms with Gasteiger partial charge in [-0.05, 0) is 41.8 Å². The summed E-state index contributed by atoms with van der Waals surface area (Å²) < 4.78 is 1.65. The highest BCUT2D eigenvalue weighted by Gasteiger charge is 2.42. The van der Waals surface area contributed by atoms with E-state index in [9.17, 15) is 4.79 Å². The quantitative estimate of drug-likeness (QED) is 0.870. The first kappa shape index (κ1) is 14.0. The van der Waals surface area contributed by atoms with E-state index in [0.717, 1.165) is 12.1 Å². The van der Waals surface area contributed by atoms with E-state index in [0.29, 0.717) is 18.0 Å². The van der Waals surface area contributed by atoms with Gasteiger partial charge in [0.1, 0.15) is 5.54 Å². The van der Waals surface area contributed by atoms with Gasteiger partial charge in [-0.2, -0.15) is 4.68 Å². The van der Waals surface area contributed by atoms with Gasteiger partial charge in [0.15, 0.2) is 0 Å². The van der Waals surface area contributed by atoms with Crippen molar-refractivity contribution >= 4 is 17.7 Å². The van der Waals surface area contributed by atoms with Gasteiger partial charge in [0.25, 0.3) is 0 Å². The minimum absolute atomic E-state index is 0.111. The van der Waals surface area contributed by atoms with E-state index in [4.69, 9.17) is 10.8 Å².